The fourth-order valence-corrected chi connectivity index (χ4v) is 9.59. The molecule has 3 saturated carbocycles. The van der Waals surface area contributed by atoms with E-state index in [1.54, 1.807) is 7.11 Å². The topological polar surface area (TPSA) is 68.2 Å². The van der Waals surface area contributed by atoms with Crippen LogP contribution in [0, 0.1) is 40.4 Å². The Balaban J connectivity index is 1.19. The lowest BCUT2D eigenvalue weighted by Gasteiger charge is -2.57. The van der Waals surface area contributed by atoms with Gasteiger partial charge in [0.05, 0.1) is 7.11 Å². The smallest absolute Gasteiger partial charge is 0.231 e. The molecule has 0 saturated heterocycles. The van der Waals surface area contributed by atoms with Crippen molar-refractivity contribution in [1.82, 2.24) is 4.90 Å². The molecule has 4 aliphatic carbocycles. The van der Waals surface area contributed by atoms with E-state index >= 15 is 0 Å². The van der Waals surface area contributed by atoms with Crippen molar-refractivity contribution >= 4 is 5.78 Å². The number of carbonyl (C=O) groups is 1. The fourth-order valence-electron chi connectivity index (χ4n) is 9.59. The summed E-state index contributed by atoms with van der Waals surface area (Å²) in [5.74, 6) is 11.1. The highest BCUT2D eigenvalue weighted by Crippen LogP contribution is 2.66. The second kappa shape index (κ2) is 8.75. The van der Waals surface area contributed by atoms with Gasteiger partial charge < -0.3 is 19.3 Å². The SMILES string of the molecule is COc1c2c(cc3c1[C@H](C#C[C@@]1(O)C[C@H]4[C@H]5CCC6=CC(=O)CC[C@]6(C)[C@@H]5CC[C@]4(C)C1)N(C)CC3)OCO2. The number of nitrogens with zero attached hydrogens (tertiary/aromatic N) is 1. The number of allylic oxidation sites excluding steroid dienone is 1. The molecule has 0 aromatic heterocycles. The first-order chi connectivity index (χ1) is 18.6. The van der Waals surface area contributed by atoms with Crippen molar-refractivity contribution < 1.29 is 24.1 Å². The Morgan fingerprint density at radius 2 is 1.97 bits per heavy atom. The number of ketones is 1. The van der Waals surface area contributed by atoms with Gasteiger partial charge in [0.15, 0.2) is 17.3 Å². The van der Waals surface area contributed by atoms with Crippen LogP contribution in [0.15, 0.2) is 17.7 Å². The minimum atomic E-state index is -0.990. The van der Waals surface area contributed by atoms with Gasteiger partial charge in [-0.15, -0.1) is 0 Å². The summed E-state index contributed by atoms with van der Waals surface area (Å²) < 4.78 is 17.3. The summed E-state index contributed by atoms with van der Waals surface area (Å²) in [5, 5.41) is 12.0. The maximum absolute atomic E-state index is 12.2. The van der Waals surface area contributed by atoms with Gasteiger partial charge in [-0.05, 0) is 105 Å². The van der Waals surface area contributed by atoms with E-state index in [1.165, 1.54) is 17.6 Å². The largest absolute Gasteiger partial charge is 0.492 e. The minimum Gasteiger partial charge on any atom is -0.492 e. The fraction of sp³-hybridized carbons (Fsp3) is 0.667. The van der Waals surface area contributed by atoms with Crippen LogP contribution in [0.4, 0.5) is 0 Å². The van der Waals surface area contributed by atoms with Crippen LogP contribution >= 0.6 is 0 Å². The van der Waals surface area contributed by atoms with Gasteiger partial charge in [-0.25, -0.2) is 0 Å². The van der Waals surface area contributed by atoms with Crippen LogP contribution in [0.3, 0.4) is 0 Å². The molecule has 0 spiro atoms. The lowest BCUT2D eigenvalue weighted by Crippen LogP contribution is -2.49. The number of hydrogen-bond acceptors (Lipinski definition) is 6. The molecule has 0 unspecified atom stereocenters. The Morgan fingerprint density at radius 1 is 1.13 bits per heavy atom. The lowest BCUT2D eigenvalue weighted by molar-refractivity contribution is -0.117. The molecular weight excluding hydrogens is 490 g/mol. The number of carbonyl (C=O) groups excluding carboxylic acids is 1. The molecule has 1 aromatic carbocycles. The highest BCUT2D eigenvalue weighted by Gasteiger charge is 2.60. The molecule has 0 amide bonds. The predicted octanol–water partition coefficient (Wildman–Crippen LogP) is 5.22. The van der Waals surface area contributed by atoms with E-state index in [0.717, 1.165) is 62.8 Å². The van der Waals surface area contributed by atoms with Crippen LogP contribution in [0.25, 0.3) is 0 Å². The third-order valence-electron chi connectivity index (χ3n) is 11.6. The number of hydrogen-bond donors (Lipinski definition) is 1. The molecule has 208 valence electrons. The van der Waals surface area contributed by atoms with Gasteiger partial charge in [-0.2, -0.15) is 0 Å². The molecule has 7 atom stereocenters. The Labute approximate surface area is 232 Å². The van der Waals surface area contributed by atoms with Crippen molar-refractivity contribution in [2.24, 2.45) is 28.6 Å². The first-order valence-corrected chi connectivity index (χ1v) is 14.8. The normalized spacial score (nSPS) is 40.4. The molecule has 1 aromatic rings. The van der Waals surface area contributed by atoms with Crippen LogP contribution in [0.1, 0.15) is 82.4 Å². The van der Waals surface area contributed by atoms with E-state index in [-0.39, 0.29) is 23.7 Å². The van der Waals surface area contributed by atoms with E-state index in [2.05, 4.69) is 43.7 Å². The van der Waals surface area contributed by atoms with E-state index in [9.17, 15) is 9.90 Å². The third-order valence-corrected chi connectivity index (χ3v) is 11.6. The summed E-state index contributed by atoms with van der Waals surface area (Å²) in [5.41, 5.74) is 2.87. The summed E-state index contributed by atoms with van der Waals surface area (Å²) in [6.45, 7) is 5.90. The summed E-state index contributed by atoms with van der Waals surface area (Å²) in [6, 6.07) is 1.90. The van der Waals surface area contributed by atoms with Gasteiger partial charge in [-0.1, -0.05) is 31.3 Å². The monoisotopic (exact) mass is 531 g/mol. The number of likely N-dealkylation sites (N-methyl/N-ethyl adjacent to an activating group) is 1. The first kappa shape index (κ1) is 25.5. The van der Waals surface area contributed by atoms with E-state index in [1.807, 2.05) is 6.08 Å². The predicted molar refractivity (Wildman–Crippen MR) is 148 cm³/mol. The van der Waals surface area contributed by atoms with Crippen molar-refractivity contribution in [3.63, 3.8) is 0 Å². The van der Waals surface area contributed by atoms with Crippen LogP contribution in [-0.2, 0) is 11.2 Å². The summed E-state index contributed by atoms with van der Waals surface area (Å²) in [7, 11) is 3.77. The molecule has 6 heteroatoms. The van der Waals surface area contributed by atoms with E-state index in [0.29, 0.717) is 41.5 Å². The van der Waals surface area contributed by atoms with Crippen molar-refractivity contribution in [3.05, 3.63) is 28.8 Å². The van der Waals surface area contributed by atoms with E-state index < -0.39 is 5.60 Å². The molecular formula is C33H41NO5. The van der Waals surface area contributed by atoms with Crippen molar-refractivity contribution in [3.8, 4) is 29.1 Å². The number of aliphatic hydroxyl groups is 1. The van der Waals surface area contributed by atoms with Gasteiger partial charge in [0, 0.05) is 18.5 Å². The third kappa shape index (κ3) is 3.79. The number of fused-ring (bicyclic) bond motifs is 7. The first-order valence-electron chi connectivity index (χ1n) is 14.8. The highest BCUT2D eigenvalue weighted by molar-refractivity contribution is 5.91. The zero-order chi connectivity index (χ0) is 27.2. The van der Waals surface area contributed by atoms with Crippen molar-refractivity contribution in [1.29, 1.82) is 0 Å². The molecule has 1 N–H and O–H groups in total. The quantitative estimate of drug-likeness (QED) is 0.502. The molecule has 39 heavy (non-hydrogen) atoms. The molecule has 6 aliphatic rings. The molecule has 2 heterocycles. The second-order valence-electron chi connectivity index (χ2n) is 13.7. The van der Waals surface area contributed by atoms with E-state index in [4.69, 9.17) is 14.2 Å². The van der Waals surface area contributed by atoms with Gasteiger partial charge in [0.2, 0.25) is 12.5 Å². The van der Waals surface area contributed by atoms with Gasteiger partial charge in [0.1, 0.15) is 11.6 Å². The van der Waals surface area contributed by atoms with Crippen LogP contribution in [0.2, 0.25) is 0 Å². The van der Waals surface area contributed by atoms with Crippen molar-refractivity contribution in [2.75, 3.05) is 27.5 Å². The summed E-state index contributed by atoms with van der Waals surface area (Å²) >= 11 is 0. The maximum atomic E-state index is 12.2. The van der Waals surface area contributed by atoms with Gasteiger partial charge in [-0.3, -0.25) is 9.69 Å². The zero-order valence-electron chi connectivity index (χ0n) is 23.8. The molecule has 6 nitrogen and oxygen atoms in total. The van der Waals surface area contributed by atoms with Crippen molar-refractivity contribution in [2.45, 2.75) is 83.3 Å². The molecule has 7 rings (SSSR count). The molecule has 0 radical (unpaired) electrons. The average Bonchev–Trinajstić information content (AvgIpc) is 3.48. The zero-order valence-corrected chi connectivity index (χ0v) is 23.8. The Morgan fingerprint density at radius 3 is 2.79 bits per heavy atom. The summed E-state index contributed by atoms with van der Waals surface area (Å²) in [4.78, 5) is 14.4. The number of rotatable bonds is 1. The van der Waals surface area contributed by atoms with Crippen LogP contribution < -0.4 is 14.2 Å². The number of benzene rings is 1. The molecule has 2 aliphatic heterocycles. The number of methoxy groups -OCH3 is 1. The van der Waals surface area contributed by atoms with Gasteiger partial charge >= 0.3 is 0 Å². The number of ether oxygens (including phenoxy) is 3. The second-order valence-corrected chi connectivity index (χ2v) is 13.7. The minimum absolute atomic E-state index is 0.104. The average molecular weight is 532 g/mol. The Hall–Kier alpha value is -2.49. The lowest BCUT2D eigenvalue weighted by atomic mass is 9.47. The highest BCUT2D eigenvalue weighted by atomic mass is 16.7. The standard InChI is InChI=1S/C33H41NO5/c1-31-11-8-24-23(6-5-21-16-22(35)7-12-32(21,24)2)25(31)17-33(36,18-31)13-9-26-28-20(10-14-34(26)3)15-27-29(30(28)37-4)39-19-38-27/h15-16,23-26,36H,5-8,10-12,14,17-19H2,1-4H3/t23-,24+,25-,26-,31+,32-,33+/m0/s1. The maximum Gasteiger partial charge on any atom is 0.231 e. The summed E-state index contributed by atoms with van der Waals surface area (Å²) in [6.07, 6.45) is 10.5. The van der Waals surface area contributed by atoms with Gasteiger partial charge in [0.25, 0.3) is 0 Å². The Bertz CT molecular complexity index is 1320. The van der Waals surface area contributed by atoms with Crippen LogP contribution in [-0.4, -0.2) is 48.9 Å². The molecule has 3 fully saturated rings. The Kier molecular flexibility index (Phi) is 5.72. The molecule has 0 bridgehead atoms. The van der Waals surface area contributed by atoms with Crippen LogP contribution in [0.5, 0.6) is 17.2 Å².